The molecule has 2 unspecified atom stereocenters. The topological polar surface area (TPSA) is 232 Å². The van der Waals surface area contributed by atoms with Crippen LogP contribution in [-0.4, -0.2) is 132 Å². The third-order valence-corrected chi connectivity index (χ3v) is 6.34. The van der Waals surface area contributed by atoms with Gasteiger partial charge in [0, 0.05) is 26.2 Å². The average Bonchev–Trinajstić information content (AvgIpc) is 2.99. The predicted octanol–water partition coefficient (Wildman–Crippen LogP) is -0.323. The molecule has 0 spiro atoms. The molecule has 16 heteroatoms. The van der Waals surface area contributed by atoms with Crippen LogP contribution in [-0.2, 0) is 38.2 Å². The van der Waals surface area contributed by atoms with Gasteiger partial charge in [-0.25, -0.2) is 0 Å². The van der Waals surface area contributed by atoms with Crippen molar-refractivity contribution in [2.24, 2.45) is 0 Å². The van der Waals surface area contributed by atoms with E-state index in [1.165, 1.54) is 9.80 Å². The molecule has 250 valence electrons. The minimum Gasteiger partial charge on any atom is -0.480 e. The van der Waals surface area contributed by atoms with Crippen LogP contribution in [0.4, 0.5) is 0 Å². The maximum absolute atomic E-state index is 12.4. The van der Waals surface area contributed by atoms with E-state index in [2.05, 4.69) is 10.6 Å². The lowest BCUT2D eigenvalue weighted by atomic mass is 10.1. The van der Waals surface area contributed by atoms with E-state index in [1.807, 2.05) is 0 Å². The lowest BCUT2D eigenvalue weighted by molar-refractivity contribution is -0.149. The maximum atomic E-state index is 12.4. The molecule has 6 N–H and O–H groups in total. The van der Waals surface area contributed by atoms with Crippen LogP contribution in [0.1, 0.15) is 23.2 Å². The van der Waals surface area contributed by atoms with Gasteiger partial charge in [-0.2, -0.15) is 0 Å². The van der Waals surface area contributed by atoms with E-state index in [0.717, 1.165) is 0 Å². The van der Waals surface area contributed by atoms with Gasteiger partial charge in [0.1, 0.15) is 25.3 Å². The number of benzene rings is 2. The van der Waals surface area contributed by atoms with Gasteiger partial charge in [-0.15, -0.1) is 0 Å². The number of carbonyl (C=O) groups is 6. The maximum Gasteiger partial charge on any atom is 0.325 e. The van der Waals surface area contributed by atoms with Gasteiger partial charge in [0.05, 0.1) is 26.2 Å². The van der Waals surface area contributed by atoms with Gasteiger partial charge in [-0.3, -0.25) is 49.2 Å². The smallest absolute Gasteiger partial charge is 0.325 e. The zero-order chi connectivity index (χ0) is 33.9. The molecule has 0 amide bonds. The number of rotatable bonds is 23. The van der Waals surface area contributed by atoms with Crippen molar-refractivity contribution in [1.29, 1.82) is 0 Å². The molecule has 2 aromatic rings. The Morgan fingerprint density at radius 2 is 0.913 bits per heavy atom. The molecule has 2 rings (SSSR count). The molecule has 0 aliphatic rings. The summed E-state index contributed by atoms with van der Waals surface area (Å²) in [5, 5.41) is 43.0. The van der Waals surface area contributed by atoms with Crippen LogP contribution in [0.5, 0.6) is 0 Å². The number of nitrogens with one attached hydrogen (secondary N) is 2. The molecule has 2 atom stereocenters. The summed E-state index contributed by atoms with van der Waals surface area (Å²) >= 11 is 0. The predicted molar refractivity (Wildman–Crippen MR) is 160 cm³/mol. The Morgan fingerprint density at radius 1 is 0.565 bits per heavy atom. The lowest BCUT2D eigenvalue weighted by Crippen LogP contribution is -2.44. The van der Waals surface area contributed by atoms with Crippen molar-refractivity contribution in [3.05, 3.63) is 71.8 Å². The molecular formula is C30H38N4O12. The van der Waals surface area contributed by atoms with E-state index in [-0.39, 0.29) is 39.4 Å². The highest BCUT2D eigenvalue weighted by Crippen LogP contribution is 2.13. The minimum absolute atomic E-state index is 0.00374. The van der Waals surface area contributed by atoms with Gasteiger partial charge in [0.25, 0.3) is 0 Å². The second-order valence-corrected chi connectivity index (χ2v) is 9.92. The van der Waals surface area contributed by atoms with Gasteiger partial charge >= 0.3 is 35.8 Å². The fraction of sp³-hybridized carbons (Fsp3) is 0.400. The summed E-state index contributed by atoms with van der Waals surface area (Å²) in [6.45, 7) is -2.69. The Kier molecular flexibility index (Phi) is 16.4. The van der Waals surface area contributed by atoms with Gasteiger partial charge in [-0.05, 0) is 11.1 Å². The van der Waals surface area contributed by atoms with Gasteiger partial charge in [0.15, 0.2) is 0 Å². The van der Waals surface area contributed by atoms with Crippen LogP contribution >= 0.6 is 0 Å². The summed E-state index contributed by atoms with van der Waals surface area (Å²) in [5.74, 6) is -6.33. The highest BCUT2D eigenvalue weighted by molar-refractivity contribution is 5.76. The molecule has 0 aromatic heterocycles. The first kappa shape index (κ1) is 37.3. The van der Waals surface area contributed by atoms with E-state index < -0.39 is 74.1 Å². The van der Waals surface area contributed by atoms with E-state index in [4.69, 9.17) is 9.47 Å². The number of carbonyl (C=O) groups excluding carboxylic acids is 2. The Morgan fingerprint density at radius 3 is 1.22 bits per heavy atom. The minimum atomic E-state index is -1.26. The molecule has 0 aliphatic heterocycles. The third kappa shape index (κ3) is 14.7. The summed E-state index contributed by atoms with van der Waals surface area (Å²) in [7, 11) is 0. The fourth-order valence-electron chi connectivity index (χ4n) is 4.27. The molecule has 46 heavy (non-hydrogen) atoms. The van der Waals surface area contributed by atoms with Crippen molar-refractivity contribution in [3.63, 3.8) is 0 Å². The van der Waals surface area contributed by atoms with Crippen LogP contribution in [0, 0.1) is 0 Å². The molecule has 0 saturated carbocycles. The Balaban J connectivity index is 1.82. The first-order valence-electron chi connectivity index (χ1n) is 14.2. The van der Waals surface area contributed by atoms with Crippen molar-refractivity contribution in [3.8, 4) is 0 Å². The molecule has 0 fully saturated rings. The number of esters is 2. The molecular weight excluding hydrogens is 608 g/mol. The normalized spacial score (nSPS) is 12.3. The highest BCUT2D eigenvalue weighted by atomic mass is 16.5. The van der Waals surface area contributed by atoms with Crippen LogP contribution in [0.2, 0.25) is 0 Å². The fourth-order valence-corrected chi connectivity index (χ4v) is 4.27. The van der Waals surface area contributed by atoms with Crippen molar-refractivity contribution in [2.75, 3.05) is 65.6 Å². The summed E-state index contributed by atoms with van der Waals surface area (Å²) in [6.07, 6.45) is 0. The van der Waals surface area contributed by atoms with Crippen molar-refractivity contribution in [1.82, 2.24) is 20.4 Å². The number of carboxylic acids is 4. The number of hydrogen-bond donors (Lipinski definition) is 6. The summed E-state index contributed by atoms with van der Waals surface area (Å²) in [4.78, 5) is 73.0. The number of carboxylic acid groups (broad SMARTS) is 4. The molecule has 0 saturated heterocycles. The zero-order valence-corrected chi connectivity index (χ0v) is 24.9. The Bertz CT molecular complexity index is 1200. The van der Waals surface area contributed by atoms with Gasteiger partial charge in [0.2, 0.25) is 0 Å². The lowest BCUT2D eigenvalue weighted by Gasteiger charge is -2.24. The summed E-state index contributed by atoms with van der Waals surface area (Å²) < 4.78 is 10.2. The van der Waals surface area contributed by atoms with Crippen LogP contribution in [0.25, 0.3) is 0 Å². The van der Waals surface area contributed by atoms with E-state index >= 15 is 0 Å². The SMILES string of the molecule is O=C(O)CN(CCN(CC(=O)O)CC(=O)OCCNC(C(=O)O)c1ccccc1)CC(=O)OCCNC(C(=O)O)c1ccccc1. The van der Waals surface area contributed by atoms with Crippen LogP contribution < -0.4 is 10.6 Å². The first-order valence-corrected chi connectivity index (χ1v) is 14.2. The van der Waals surface area contributed by atoms with Crippen molar-refractivity contribution < 1.29 is 58.7 Å². The molecule has 0 heterocycles. The quantitative estimate of drug-likeness (QED) is 0.0670. The second-order valence-electron chi connectivity index (χ2n) is 9.92. The first-order chi connectivity index (χ1) is 22.0. The van der Waals surface area contributed by atoms with Crippen LogP contribution in [0.15, 0.2) is 60.7 Å². The third-order valence-electron chi connectivity index (χ3n) is 6.34. The highest BCUT2D eigenvalue weighted by Gasteiger charge is 2.22. The largest absolute Gasteiger partial charge is 0.480 e. The number of ether oxygens (including phenoxy) is 2. The standard InChI is InChI=1S/C30H38N4O12/c35-23(36)17-33(19-25(39)45-15-11-31-27(29(41)42)21-7-3-1-4-8-21)13-14-34(18-24(37)38)20-26(40)46-16-12-32-28(30(43)44)22-9-5-2-6-10-22/h1-10,27-28,31-32H,11-20H2,(H,35,36)(H,37,38)(H,41,42)(H,43,44). The number of aliphatic carboxylic acids is 4. The Hall–Kier alpha value is -4.90. The average molecular weight is 647 g/mol. The van der Waals surface area contributed by atoms with E-state index in [1.54, 1.807) is 60.7 Å². The summed E-state index contributed by atoms with van der Waals surface area (Å²) in [6, 6.07) is 14.7. The van der Waals surface area contributed by atoms with Crippen molar-refractivity contribution in [2.45, 2.75) is 12.1 Å². The van der Waals surface area contributed by atoms with Gasteiger partial charge in [-0.1, -0.05) is 60.7 Å². The van der Waals surface area contributed by atoms with E-state index in [9.17, 15) is 49.2 Å². The molecule has 16 nitrogen and oxygen atoms in total. The zero-order valence-electron chi connectivity index (χ0n) is 24.9. The molecule has 2 aromatic carbocycles. The molecule has 0 bridgehead atoms. The molecule has 0 aliphatic carbocycles. The van der Waals surface area contributed by atoms with E-state index in [0.29, 0.717) is 11.1 Å². The summed E-state index contributed by atoms with van der Waals surface area (Å²) in [5.41, 5.74) is 1.02. The molecule has 0 radical (unpaired) electrons. The Labute approximate surface area is 264 Å². The van der Waals surface area contributed by atoms with Crippen LogP contribution in [0.3, 0.4) is 0 Å². The number of hydrogen-bond acceptors (Lipinski definition) is 12. The second kappa shape index (κ2) is 20.2. The number of nitrogens with zero attached hydrogens (tertiary/aromatic N) is 2. The van der Waals surface area contributed by atoms with Gasteiger partial charge < -0.3 is 29.9 Å². The van der Waals surface area contributed by atoms with Crippen molar-refractivity contribution >= 4 is 35.8 Å². The monoisotopic (exact) mass is 646 g/mol.